The average Bonchev–Trinajstić information content (AvgIpc) is 3.12. The van der Waals surface area contributed by atoms with Crippen molar-refractivity contribution in [2.45, 2.75) is 161 Å². The van der Waals surface area contributed by atoms with Crippen molar-refractivity contribution in [3.05, 3.63) is 0 Å². The van der Waals surface area contributed by atoms with Crippen molar-refractivity contribution in [3.63, 3.8) is 0 Å². The van der Waals surface area contributed by atoms with Gasteiger partial charge in [-0.3, -0.25) is 33.6 Å². The van der Waals surface area contributed by atoms with Crippen LogP contribution >= 0.6 is 0 Å². The molecule has 10 N–H and O–H groups in total. The standard InChI is InChI=1S/C37H70BN7O11/c1-8-9-10-11-12-13-14-15-16-17-18-19-30(48)43-29(22-46)36(53)41-25(4)33(50)39-21-31(49)45(7)32(27(6)47)37(54)42-26(5)34(51)44-28(20-24(2)3)35(52)40-23-38(55)56/h24-29,32,46-47,55-56H,8-23H2,1-7H3,(H,39,50)(H,40,52)(H,41,53)(H,42,54)(H,43,48)(H,44,51)/t25-,26+,27?,28?,29-,32+/m1/s1. The molecule has 0 aliphatic carbocycles. The number of hydrogen-bond donors (Lipinski definition) is 10. The van der Waals surface area contributed by atoms with Gasteiger partial charge in [0.25, 0.3) is 0 Å². The molecule has 0 rings (SSSR count). The highest BCUT2D eigenvalue weighted by molar-refractivity contribution is 6.41. The highest BCUT2D eigenvalue weighted by Gasteiger charge is 2.34. The predicted molar refractivity (Wildman–Crippen MR) is 211 cm³/mol. The summed E-state index contributed by atoms with van der Waals surface area (Å²) in [5, 5.41) is 52.6. The van der Waals surface area contributed by atoms with E-state index in [9.17, 15) is 43.8 Å². The van der Waals surface area contributed by atoms with Crippen molar-refractivity contribution < 1.29 is 53.8 Å². The number of aliphatic hydroxyl groups excluding tert-OH is 2. The van der Waals surface area contributed by atoms with Gasteiger partial charge in [-0.2, -0.15) is 0 Å². The molecule has 7 amide bonds. The van der Waals surface area contributed by atoms with Crippen LogP contribution in [0.15, 0.2) is 0 Å². The molecule has 0 bridgehead atoms. The Morgan fingerprint density at radius 2 is 1.14 bits per heavy atom. The number of carbonyl (C=O) groups is 7. The van der Waals surface area contributed by atoms with Gasteiger partial charge < -0.3 is 57.1 Å². The van der Waals surface area contributed by atoms with Crippen LogP contribution in [0.25, 0.3) is 0 Å². The lowest BCUT2D eigenvalue weighted by Gasteiger charge is -2.31. The Morgan fingerprint density at radius 3 is 1.64 bits per heavy atom. The van der Waals surface area contributed by atoms with Crippen molar-refractivity contribution >= 4 is 48.5 Å². The molecule has 322 valence electrons. The van der Waals surface area contributed by atoms with Crippen LogP contribution in [0, 0.1) is 5.92 Å². The van der Waals surface area contributed by atoms with Crippen molar-refractivity contribution in [1.82, 2.24) is 36.8 Å². The number of unbranched alkanes of at least 4 members (excludes halogenated alkanes) is 10. The summed E-state index contributed by atoms with van der Waals surface area (Å²) < 4.78 is 0. The van der Waals surface area contributed by atoms with Crippen LogP contribution in [-0.4, -0.2) is 137 Å². The molecule has 0 heterocycles. The van der Waals surface area contributed by atoms with Crippen molar-refractivity contribution in [2.75, 3.05) is 26.6 Å². The summed E-state index contributed by atoms with van der Waals surface area (Å²) in [6, 6.07) is -6.23. The number of likely N-dealkylation sites (N-methyl/N-ethyl adjacent to an activating group) is 1. The summed E-state index contributed by atoms with van der Waals surface area (Å²) in [6.45, 7) is 8.42. The average molecular weight is 800 g/mol. The molecular formula is C37H70BN7O11. The number of nitrogens with zero attached hydrogens (tertiary/aromatic N) is 1. The van der Waals surface area contributed by atoms with Crippen molar-refractivity contribution in [3.8, 4) is 0 Å². The third-order valence-electron chi connectivity index (χ3n) is 9.09. The minimum absolute atomic E-state index is 0.0343. The molecule has 0 aliphatic rings. The molecule has 0 radical (unpaired) electrons. The summed E-state index contributed by atoms with van der Waals surface area (Å²) in [6.07, 6.45) is 10.9. The molecule has 0 fully saturated rings. The van der Waals surface area contributed by atoms with E-state index < -0.39 is 104 Å². The fourth-order valence-electron chi connectivity index (χ4n) is 5.78. The van der Waals surface area contributed by atoms with Gasteiger partial charge >= 0.3 is 7.12 Å². The summed E-state index contributed by atoms with van der Waals surface area (Å²) >= 11 is 0. The smallest absolute Gasteiger partial charge is 0.426 e. The first kappa shape index (κ1) is 52.2. The largest absolute Gasteiger partial charge is 0.472 e. The Bertz CT molecular complexity index is 1230. The van der Waals surface area contributed by atoms with Crippen LogP contribution in [0.1, 0.15) is 125 Å². The van der Waals surface area contributed by atoms with E-state index >= 15 is 0 Å². The van der Waals surface area contributed by atoms with Gasteiger partial charge in [-0.1, -0.05) is 85.0 Å². The molecule has 0 aromatic carbocycles. The maximum Gasteiger partial charge on any atom is 0.472 e. The molecule has 56 heavy (non-hydrogen) atoms. The molecule has 0 saturated heterocycles. The van der Waals surface area contributed by atoms with Crippen molar-refractivity contribution in [2.24, 2.45) is 5.92 Å². The Balaban J connectivity index is 4.93. The van der Waals surface area contributed by atoms with E-state index in [-0.39, 0.29) is 18.8 Å². The van der Waals surface area contributed by atoms with E-state index in [0.717, 1.165) is 24.2 Å². The number of hydrogen-bond acceptors (Lipinski definition) is 11. The second-order valence-corrected chi connectivity index (χ2v) is 14.9. The predicted octanol–water partition coefficient (Wildman–Crippen LogP) is -0.843. The van der Waals surface area contributed by atoms with Gasteiger partial charge in [0.2, 0.25) is 41.4 Å². The number of amides is 7. The summed E-state index contributed by atoms with van der Waals surface area (Å²) in [7, 11) is -0.577. The summed E-state index contributed by atoms with van der Waals surface area (Å²) in [4.78, 5) is 90.3. The first-order valence-electron chi connectivity index (χ1n) is 20.0. The van der Waals surface area contributed by atoms with E-state index in [0.29, 0.717) is 6.42 Å². The normalized spacial score (nSPS) is 14.3. The van der Waals surface area contributed by atoms with Crippen LogP contribution in [0.2, 0.25) is 0 Å². The number of carbonyl (C=O) groups excluding carboxylic acids is 7. The van der Waals surface area contributed by atoms with Gasteiger partial charge in [0, 0.05) is 13.5 Å². The second kappa shape index (κ2) is 29.4. The van der Waals surface area contributed by atoms with Gasteiger partial charge in [-0.15, -0.1) is 0 Å². The van der Waals surface area contributed by atoms with Gasteiger partial charge in [0.1, 0.15) is 30.2 Å². The van der Waals surface area contributed by atoms with E-state index in [1.165, 1.54) is 72.8 Å². The Hall–Kier alpha value is -3.81. The topological polar surface area (TPSA) is 276 Å². The number of aliphatic hydroxyl groups is 2. The van der Waals surface area contributed by atoms with E-state index in [4.69, 9.17) is 10.0 Å². The zero-order valence-corrected chi connectivity index (χ0v) is 34.5. The first-order chi connectivity index (χ1) is 26.4. The molecule has 0 aromatic rings. The highest BCUT2D eigenvalue weighted by Crippen LogP contribution is 2.12. The number of nitrogens with one attached hydrogen (secondary N) is 6. The Morgan fingerprint density at radius 1 is 0.625 bits per heavy atom. The molecular weight excluding hydrogens is 729 g/mol. The van der Waals surface area contributed by atoms with Crippen molar-refractivity contribution in [1.29, 1.82) is 0 Å². The second-order valence-electron chi connectivity index (χ2n) is 14.9. The molecule has 0 aromatic heterocycles. The molecule has 0 spiro atoms. The fourth-order valence-corrected chi connectivity index (χ4v) is 5.78. The maximum absolute atomic E-state index is 13.1. The molecule has 0 aliphatic heterocycles. The van der Waals surface area contributed by atoms with Crippen LogP contribution in [0.3, 0.4) is 0 Å². The lowest BCUT2D eigenvalue weighted by molar-refractivity contribution is -0.144. The zero-order chi connectivity index (χ0) is 42.8. The van der Waals surface area contributed by atoms with Gasteiger partial charge in [0.15, 0.2) is 0 Å². The monoisotopic (exact) mass is 800 g/mol. The van der Waals surface area contributed by atoms with Crippen LogP contribution in [-0.2, 0) is 33.6 Å². The lowest BCUT2D eigenvalue weighted by atomic mass is 9.92. The minimum Gasteiger partial charge on any atom is -0.426 e. The molecule has 0 saturated carbocycles. The third-order valence-corrected chi connectivity index (χ3v) is 9.09. The summed E-state index contributed by atoms with van der Waals surface area (Å²) in [5.41, 5.74) is 0. The third kappa shape index (κ3) is 22.7. The minimum atomic E-state index is -1.79. The lowest BCUT2D eigenvalue weighted by Crippen LogP contribution is -2.59. The molecule has 19 heteroatoms. The molecule has 18 nitrogen and oxygen atoms in total. The van der Waals surface area contributed by atoms with Crippen LogP contribution < -0.4 is 31.9 Å². The SMILES string of the molecule is CCCCCCCCCCCCCC(=O)N[C@H](CO)C(=O)N[C@H](C)C(=O)NCC(=O)N(C)[C@H](C(=O)N[C@@H](C)C(=O)NC(CC(C)C)C(=O)NCB(O)O)C(C)O. The quantitative estimate of drug-likeness (QED) is 0.0316. The zero-order valence-electron chi connectivity index (χ0n) is 34.5. The highest BCUT2D eigenvalue weighted by atomic mass is 16.4. The Labute approximate surface area is 332 Å². The van der Waals surface area contributed by atoms with Gasteiger partial charge in [-0.05, 0) is 39.5 Å². The first-order valence-corrected chi connectivity index (χ1v) is 20.0. The van der Waals surface area contributed by atoms with Gasteiger partial charge in [-0.25, -0.2) is 0 Å². The van der Waals surface area contributed by atoms with Crippen LogP contribution in [0.4, 0.5) is 0 Å². The van der Waals surface area contributed by atoms with Crippen LogP contribution in [0.5, 0.6) is 0 Å². The summed E-state index contributed by atoms with van der Waals surface area (Å²) in [5.74, 6) is -5.11. The number of rotatable bonds is 30. The van der Waals surface area contributed by atoms with E-state index in [1.807, 2.05) is 13.8 Å². The van der Waals surface area contributed by atoms with E-state index in [2.05, 4.69) is 38.8 Å². The molecule has 2 unspecified atom stereocenters. The van der Waals surface area contributed by atoms with E-state index in [1.54, 1.807) is 0 Å². The van der Waals surface area contributed by atoms with Gasteiger partial charge in [0.05, 0.1) is 25.7 Å². The fraction of sp³-hybridized carbons (Fsp3) is 0.811. The maximum atomic E-state index is 13.1. The molecule has 6 atom stereocenters. The Kier molecular flexibility index (Phi) is 27.4.